The third-order valence-corrected chi connectivity index (χ3v) is 4.26. The lowest BCUT2D eigenvalue weighted by Gasteiger charge is -2.46. The van der Waals surface area contributed by atoms with Crippen LogP contribution in [0.5, 0.6) is 0 Å². The number of amides is 3. The second-order valence-electron chi connectivity index (χ2n) is 7.00. The Labute approximate surface area is 136 Å². The first-order chi connectivity index (χ1) is 10.6. The van der Waals surface area contributed by atoms with Crippen molar-refractivity contribution in [2.75, 3.05) is 27.2 Å². The van der Waals surface area contributed by atoms with Crippen LogP contribution in [0, 0.1) is 0 Å². The van der Waals surface area contributed by atoms with Gasteiger partial charge in [0.2, 0.25) is 0 Å². The van der Waals surface area contributed by atoms with Gasteiger partial charge < -0.3 is 19.7 Å². The molecule has 23 heavy (non-hydrogen) atoms. The Kier molecular flexibility index (Phi) is 4.45. The molecular weight excluding hydrogens is 302 g/mol. The van der Waals surface area contributed by atoms with Crippen molar-refractivity contribution < 1.29 is 23.9 Å². The van der Waals surface area contributed by atoms with Crippen molar-refractivity contribution in [3.8, 4) is 0 Å². The molecular formula is C15H25N3O5. The van der Waals surface area contributed by atoms with Gasteiger partial charge in [-0.2, -0.15) is 0 Å². The number of rotatable bonds is 1. The number of nitrogens with one attached hydrogen (secondary N) is 1. The van der Waals surface area contributed by atoms with E-state index in [1.54, 1.807) is 25.7 Å². The number of nitrogens with zero attached hydrogens (tertiary/aromatic N) is 2. The lowest BCUT2D eigenvalue weighted by molar-refractivity contribution is -0.157. The fourth-order valence-corrected chi connectivity index (χ4v) is 3.37. The second kappa shape index (κ2) is 5.90. The average Bonchev–Trinajstić information content (AvgIpc) is 2.72. The number of carbonyl (C=O) groups is 3. The Morgan fingerprint density at radius 2 is 1.91 bits per heavy atom. The van der Waals surface area contributed by atoms with Crippen molar-refractivity contribution in [1.82, 2.24) is 15.1 Å². The highest BCUT2D eigenvalue weighted by atomic mass is 16.6. The third kappa shape index (κ3) is 3.07. The number of hydrogen-bond acceptors (Lipinski definition) is 5. The van der Waals surface area contributed by atoms with Gasteiger partial charge in [0.05, 0.1) is 19.7 Å². The molecule has 130 valence electrons. The zero-order valence-corrected chi connectivity index (χ0v) is 14.3. The molecule has 0 radical (unpaired) electrons. The molecule has 3 amide bonds. The lowest BCUT2D eigenvalue weighted by Crippen LogP contribution is -2.68. The number of urea groups is 1. The number of carbonyl (C=O) groups excluding carboxylic acids is 3. The van der Waals surface area contributed by atoms with Crippen LogP contribution in [0.1, 0.15) is 33.6 Å². The summed E-state index contributed by atoms with van der Waals surface area (Å²) in [7, 11) is 2.83. The summed E-state index contributed by atoms with van der Waals surface area (Å²) in [5, 5.41) is 2.56. The summed E-state index contributed by atoms with van der Waals surface area (Å²) in [5.74, 6) is -0.514. The van der Waals surface area contributed by atoms with Gasteiger partial charge in [-0.05, 0) is 33.6 Å². The standard InChI is InChI=1S/C15H25N3O5/c1-14(2,3)23-13(21)18-10-6-7-15(18,11(19)22-5)9-17(8-10)12(20)16-4/h10H,6-9H2,1-5H3,(H,16,20). The molecule has 2 heterocycles. The molecule has 2 aliphatic rings. The average molecular weight is 327 g/mol. The number of likely N-dealkylation sites (tertiary alicyclic amines) is 1. The van der Waals surface area contributed by atoms with Gasteiger partial charge in [-0.3, -0.25) is 4.90 Å². The quantitative estimate of drug-likeness (QED) is 0.725. The van der Waals surface area contributed by atoms with Crippen LogP contribution in [0.2, 0.25) is 0 Å². The van der Waals surface area contributed by atoms with E-state index in [4.69, 9.17) is 9.47 Å². The molecule has 0 aromatic rings. The molecule has 2 saturated heterocycles. The minimum Gasteiger partial charge on any atom is -0.467 e. The minimum absolute atomic E-state index is 0.106. The summed E-state index contributed by atoms with van der Waals surface area (Å²) in [4.78, 5) is 40.1. The molecule has 2 bridgehead atoms. The molecule has 1 N–H and O–H groups in total. The summed E-state index contributed by atoms with van der Waals surface area (Å²) in [6, 6.07) is -0.524. The number of methoxy groups -OCH3 is 1. The van der Waals surface area contributed by atoms with Crippen molar-refractivity contribution in [3.63, 3.8) is 0 Å². The van der Waals surface area contributed by atoms with Gasteiger partial charge in [0, 0.05) is 13.6 Å². The smallest absolute Gasteiger partial charge is 0.411 e. The van der Waals surface area contributed by atoms with E-state index in [-0.39, 0.29) is 18.6 Å². The lowest BCUT2D eigenvalue weighted by atomic mass is 9.95. The van der Waals surface area contributed by atoms with Crippen LogP contribution >= 0.6 is 0 Å². The first-order valence-corrected chi connectivity index (χ1v) is 7.72. The minimum atomic E-state index is -1.17. The van der Waals surface area contributed by atoms with Crippen LogP contribution in [0.25, 0.3) is 0 Å². The molecule has 2 rings (SSSR count). The molecule has 0 spiro atoms. The normalized spacial score (nSPS) is 26.7. The number of hydrogen-bond donors (Lipinski definition) is 1. The molecule has 2 fully saturated rings. The summed E-state index contributed by atoms with van der Waals surface area (Å²) in [5.41, 5.74) is -1.84. The fraction of sp³-hybridized carbons (Fsp3) is 0.800. The first-order valence-electron chi connectivity index (χ1n) is 7.72. The molecule has 2 aliphatic heterocycles. The zero-order valence-electron chi connectivity index (χ0n) is 14.3. The summed E-state index contributed by atoms with van der Waals surface area (Å²) < 4.78 is 10.4. The monoisotopic (exact) mass is 327 g/mol. The highest BCUT2D eigenvalue weighted by Gasteiger charge is 2.60. The Hall–Kier alpha value is -1.99. The molecule has 0 aromatic carbocycles. The van der Waals surface area contributed by atoms with Gasteiger partial charge in [-0.1, -0.05) is 0 Å². The maximum atomic E-state index is 12.6. The molecule has 2 atom stereocenters. The number of esters is 1. The molecule has 8 nitrogen and oxygen atoms in total. The number of fused-ring (bicyclic) bond motifs is 2. The molecule has 2 unspecified atom stereocenters. The van der Waals surface area contributed by atoms with Crippen molar-refractivity contribution >= 4 is 18.1 Å². The highest BCUT2D eigenvalue weighted by Crippen LogP contribution is 2.41. The highest BCUT2D eigenvalue weighted by molar-refractivity contribution is 5.89. The molecule has 0 saturated carbocycles. The zero-order chi connectivity index (χ0) is 17.4. The van der Waals surface area contributed by atoms with Gasteiger partial charge in [0.15, 0.2) is 5.54 Å². The van der Waals surface area contributed by atoms with Gasteiger partial charge in [0.25, 0.3) is 0 Å². The fourth-order valence-electron chi connectivity index (χ4n) is 3.37. The third-order valence-electron chi connectivity index (χ3n) is 4.26. The second-order valence-corrected chi connectivity index (χ2v) is 7.00. The van der Waals surface area contributed by atoms with Gasteiger partial charge in [-0.25, -0.2) is 14.4 Å². The summed E-state index contributed by atoms with van der Waals surface area (Å²) >= 11 is 0. The van der Waals surface area contributed by atoms with E-state index < -0.39 is 23.2 Å². The van der Waals surface area contributed by atoms with Crippen LogP contribution in [0.3, 0.4) is 0 Å². The number of ether oxygens (including phenoxy) is 2. The topological polar surface area (TPSA) is 88.2 Å². The van der Waals surface area contributed by atoms with Gasteiger partial charge in [-0.15, -0.1) is 0 Å². The maximum absolute atomic E-state index is 12.6. The number of piperazine rings is 1. The van der Waals surface area contributed by atoms with Crippen LogP contribution in [-0.2, 0) is 14.3 Å². The summed E-state index contributed by atoms with van der Waals surface area (Å²) in [6.45, 7) is 5.81. The van der Waals surface area contributed by atoms with Crippen LogP contribution < -0.4 is 5.32 Å². The van der Waals surface area contributed by atoms with Crippen molar-refractivity contribution in [2.24, 2.45) is 0 Å². The predicted octanol–water partition coefficient (Wildman–Crippen LogP) is 0.953. The van der Waals surface area contributed by atoms with Gasteiger partial charge in [0.1, 0.15) is 5.60 Å². The van der Waals surface area contributed by atoms with Crippen molar-refractivity contribution in [2.45, 2.75) is 50.8 Å². The van der Waals surface area contributed by atoms with E-state index in [9.17, 15) is 14.4 Å². The van der Waals surface area contributed by atoms with E-state index in [1.165, 1.54) is 19.1 Å². The Morgan fingerprint density at radius 3 is 2.43 bits per heavy atom. The van der Waals surface area contributed by atoms with E-state index in [1.807, 2.05) is 0 Å². The van der Waals surface area contributed by atoms with E-state index in [2.05, 4.69) is 5.32 Å². The maximum Gasteiger partial charge on any atom is 0.411 e. The Morgan fingerprint density at radius 1 is 1.26 bits per heavy atom. The first kappa shape index (κ1) is 17.4. The Balaban J connectivity index is 2.34. The predicted molar refractivity (Wildman–Crippen MR) is 81.9 cm³/mol. The Bertz CT molecular complexity index is 516. The van der Waals surface area contributed by atoms with Crippen molar-refractivity contribution in [1.29, 1.82) is 0 Å². The SMILES string of the molecule is CNC(=O)N1CC2CCC(C(=O)OC)(C1)N2C(=O)OC(C)(C)C. The molecule has 0 aromatic heterocycles. The van der Waals surface area contributed by atoms with Crippen molar-refractivity contribution in [3.05, 3.63) is 0 Å². The van der Waals surface area contributed by atoms with Crippen LogP contribution in [-0.4, -0.2) is 72.3 Å². The van der Waals surface area contributed by atoms with Crippen LogP contribution in [0.15, 0.2) is 0 Å². The van der Waals surface area contributed by atoms with Gasteiger partial charge >= 0.3 is 18.1 Å². The van der Waals surface area contributed by atoms with Crippen LogP contribution in [0.4, 0.5) is 9.59 Å². The molecule has 0 aliphatic carbocycles. The van der Waals surface area contributed by atoms with E-state index in [0.29, 0.717) is 19.4 Å². The van der Waals surface area contributed by atoms with E-state index >= 15 is 0 Å². The van der Waals surface area contributed by atoms with E-state index in [0.717, 1.165) is 0 Å². The molecule has 8 heteroatoms. The summed E-state index contributed by atoms with van der Waals surface area (Å²) in [6.07, 6.45) is 0.542. The largest absolute Gasteiger partial charge is 0.467 e.